The number of hydrogen-bond donors (Lipinski definition) is 1. The van der Waals surface area contributed by atoms with E-state index in [1.807, 2.05) is 41.0 Å². The van der Waals surface area contributed by atoms with Crippen LogP contribution in [0.15, 0.2) is 24.3 Å². The van der Waals surface area contributed by atoms with Gasteiger partial charge in [0.2, 0.25) is 5.91 Å². The van der Waals surface area contributed by atoms with Crippen molar-refractivity contribution < 1.29 is 14.3 Å². The molecule has 1 aromatic carbocycles. The van der Waals surface area contributed by atoms with E-state index in [0.29, 0.717) is 19.7 Å². The minimum Gasteiger partial charge on any atom is -0.366 e. The van der Waals surface area contributed by atoms with Crippen LogP contribution in [-0.4, -0.2) is 67.0 Å². The molecule has 0 saturated carbocycles. The van der Waals surface area contributed by atoms with Crippen molar-refractivity contribution in [3.05, 3.63) is 29.8 Å². The van der Waals surface area contributed by atoms with Gasteiger partial charge in [-0.3, -0.25) is 14.5 Å². The molecule has 2 saturated heterocycles. The molecule has 3 rings (SSSR count). The molecule has 0 aliphatic carbocycles. The minimum absolute atomic E-state index is 0.0603. The third-order valence-corrected chi connectivity index (χ3v) is 4.80. The van der Waals surface area contributed by atoms with Gasteiger partial charge in [0.25, 0.3) is 5.91 Å². The van der Waals surface area contributed by atoms with Gasteiger partial charge in [-0.05, 0) is 38.3 Å². The monoisotopic (exact) mass is 345 g/mol. The predicted octanol–water partition coefficient (Wildman–Crippen LogP) is 1.65. The maximum absolute atomic E-state index is 12.6. The number of hydrogen-bond acceptors (Lipinski definition) is 4. The third-order valence-electron chi connectivity index (χ3n) is 4.80. The molecule has 2 heterocycles. The van der Waals surface area contributed by atoms with Crippen molar-refractivity contribution in [2.45, 2.75) is 32.3 Å². The second-order valence-corrected chi connectivity index (χ2v) is 6.89. The van der Waals surface area contributed by atoms with E-state index in [0.717, 1.165) is 37.2 Å². The van der Waals surface area contributed by atoms with Crippen LogP contribution in [0.3, 0.4) is 0 Å². The summed E-state index contributed by atoms with van der Waals surface area (Å²) in [5.41, 5.74) is 1.95. The largest absolute Gasteiger partial charge is 0.366 e. The molecule has 2 aliphatic heterocycles. The van der Waals surface area contributed by atoms with E-state index in [2.05, 4.69) is 5.32 Å². The fraction of sp³-hybridized carbons (Fsp3) is 0.579. The summed E-state index contributed by atoms with van der Waals surface area (Å²) in [6.45, 7) is 5.59. The fourth-order valence-electron chi connectivity index (χ4n) is 3.35. The van der Waals surface area contributed by atoms with Gasteiger partial charge >= 0.3 is 0 Å². The van der Waals surface area contributed by atoms with E-state index >= 15 is 0 Å². The second kappa shape index (κ2) is 8.45. The summed E-state index contributed by atoms with van der Waals surface area (Å²) < 4.78 is 5.67. The SMILES string of the molecule is Cc1ccc(NC(=O)CN2CCOC(C(=O)N3CCCCC3)C2)cc1. The predicted molar refractivity (Wildman–Crippen MR) is 96.4 cm³/mol. The van der Waals surface area contributed by atoms with Crippen LogP contribution in [0.25, 0.3) is 0 Å². The van der Waals surface area contributed by atoms with E-state index in [1.54, 1.807) is 0 Å². The Kier molecular flexibility index (Phi) is 6.04. The molecule has 1 N–H and O–H groups in total. The van der Waals surface area contributed by atoms with E-state index in [4.69, 9.17) is 4.74 Å². The smallest absolute Gasteiger partial charge is 0.253 e. The van der Waals surface area contributed by atoms with Gasteiger partial charge in [0.05, 0.1) is 13.2 Å². The highest BCUT2D eigenvalue weighted by Gasteiger charge is 2.31. The Morgan fingerprint density at radius 1 is 1.12 bits per heavy atom. The molecule has 136 valence electrons. The van der Waals surface area contributed by atoms with Gasteiger partial charge in [-0.1, -0.05) is 17.7 Å². The quantitative estimate of drug-likeness (QED) is 0.901. The van der Waals surface area contributed by atoms with E-state index in [-0.39, 0.29) is 18.4 Å². The highest BCUT2D eigenvalue weighted by atomic mass is 16.5. The van der Waals surface area contributed by atoms with Crippen LogP contribution in [0.1, 0.15) is 24.8 Å². The number of nitrogens with zero attached hydrogens (tertiary/aromatic N) is 2. The second-order valence-electron chi connectivity index (χ2n) is 6.89. The van der Waals surface area contributed by atoms with Crippen LogP contribution < -0.4 is 5.32 Å². The molecule has 6 nitrogen and oxygen atoms in total. The number of nitrogens with one attached hydrogen (secondary N) is 1. The van der Waals surface area contributed by atoms with Gasteiger partial charge in [-0.25, -0.2) is 0 Å². The average Bonchev–Trinajstić information content (AvgIpc) is 2.64. The van der Waals surface area contributed by atoms with Crippen LogP contribution in [-0.2, 0) is 14.3 Å². The Balaban J connectivity index is 1.49. The van der Waals surface area contributed by atoms with Crippen LogP contribution >= 0.6 is 0 Å². The molecule has 1 atom stereocenters. The molecule has 0 radical (unpaired) electrons. The van der Waals surface area contributed by atoms with Gasteiger partial charge in [0.15, 0.2) is 0 Å². The lowest BCUT2D eigenvalue weighted by Gasteiger charge is -2.35. The first-order valence-corrected chi connectivity index (χ1v) is 9.11. The van der Waals surface area contributed by atoms with Gasteiger partial charge in [-0.15, -0.1) is 0 Å². The van der Waals surface area contributed by atoms with Gasteiger partial charge < -0.3 is 15.0 Å². The van der Waals surface area contributed by atoms with Crippen LogP contribution in [0.4, 0.5) is 5.69 Å². The molecule has 2 fully saturated rings. The van der Waals surface area contributed by atoms with Crippen molar-refractivity contribution in [2.75, 3.05) is 44.6 Å². The summed E-state index contributed by atoms with van der Waals surface area (Å²) in [5, 5.41) is 2.91. The van der Waals surface area contributed by atoms with E-state index in [1.165, 1.54) is 6.42 Å². The fourth-order valence-corrected chi connectivity index (χ4v) is 3.35. The number of carbonyl (C=O) groups is 2. The van der Waals surface area contributed by atoms with Gasteiger partial charge in [0.1, 0.15) is 6.10 Å². The third kappa shape index (κ3) is 5.03. The summed E-state index contributed by atoms with van der Waals surface area (Å²) in [6.07, 6.45) is 2.89. The Morgan fingerprint density at radius 2 is 1.84 bits per heavy atom. The molecule has 0 aromatic heterocycles. The van der Waals surface area contributed by atoms with Crippen molar-refractivity contribution in [2.24, 2.45) is 0 Å². The molecule has 1 unspecified atom stereocenters. The van der Waals surface area contributed by atoms with E-state index in [9.17, 15) is 9.59 Å². The number of piperidine rings is 1. The van der Waals surface area contributed by atoms with Crippen LogP contribution in [0.5, 0.6) is 0 Å². The number of aryl methyl sites for hydroxylation is 1. The maximum Gasteiger partial charge on any atom is 0.253 e. The van der Waals surface area contributed by atoms with Crippen molar-refractivity contribution in [3.63, 3.8) is 0 Å². The lowest BCUT2D eigenvalue weighted by Crippen LogP contribution is -2.53. The molecule has 1 aromatic rings. The zero-order valence-electron chi connectivity index (χ0n) is 14.9. The highest BCUT2D eigenvalue weighted by molar-refractivity contribution is 5.92. The summed E-state index contributed by atoms with van der Waals surface area (Å²) in [6, 6.07) is 7.74. The summed E-state index contributed by atoms with van der Waals surface area (Å²) in [4.78, 5) is 28.7. The number of ether oxygens (including phenoxy) is 1. The lowest BCUT2D eigenvalue weighted by molar-refractivity contribution is -0.151. The number of rotatable bonds is 4. The van der Waals surface area contributed by atoms with Crippen LogP contribution in [0, 0.1) is 6.92 Å². The number of amides is 2. The standard InChI is InChI=1S/C19H27N3O3/c1-15-5-7-16(8-6-15)20-18(23)14-21-11-12-25-17(13-21)19(24)22-9-3-2-4-10-22/h5-8,17H,2-4,9-14H2,1H3,(H,20,23). The number of benzene rings is 1. The average molecular weight is 345 g/mol. The molecule has 2 amide bonds. The van der Waals surface area contributed by atoms with Crippen molar-refractivity contribution in [1.82, 2.24) is 9.80 Å². The zero-order chi connectivity index (χ0) is 17.6. The first kappa shape index (κ1) is 17.9. The van der Waals surface area contributed by atoms with Crippen molar-refractivity contribution >= 4 is 17.5 Å². The first-order valence-electron chi connectivity index (χ1n) is 9.11. The highest BCUT2D eigenvalue weighted by Crippen LogP contribution is 2.14. The molecular formula is C19H27N3O3. The number of carbonyl (C=O) groups excluding carboxylic acids is 2. The Morgan fingerprint density at radius 3 is 2.56 bits per heavy atom. The molecule has 6 heteroatoms. The maximum atomic E-state index is 12.6. The zero-order valence-corrected chi connectivity index (χ0v) is 14.9. The Hall–Kier alpha value is -1.92. The van der Waals surface area contributed by atoms with Gasteiger partial charge in [0, 0.05) is 31.9 Å². The van der Waals surface area contributed by atoms with Crippen molar-refractivity contribution in [3.8, 4) is 0 Å². The van der Waals surface area contributed by atoms with E-state index < -0.39 is 6.10 Å². The topological polar surface area (TPSA) is 61.9 Å². The molecular weight excluding hydrogens is 318 g/mol. The van der Waals surface area contributed by atoms with Crippen molar-refractivity contribution in [1.29, 1.82) is 0 Å². The number of morpholine rings is 1. The number of anilines is 1. The minimum atomic E-state index is -0.445. The summed E-state index contributed by atoms with van der Waals surface area (Å²) in [5.74, 6) is 0.0123. The molecule has 0 bridgehead atoms. The molecule has 2 aliphatic rings. The Labute approximate surface area is 149 Å². The summed E-state index contributed by atoms with van der Waals surface area (Å²) in [7, 11) is 0. The first-order chi connectivity index (χ1) is 12.1. The van der Waals surface area contributed by atoms with Crippen LogP contribution in [0.2, 0.25) is 0 Å². The molecule has 25 heavy (non-hydrogen) atoms. The summed E-state index contributed by atoms with van der Waals surface area (Å²) >= 11 is 0. The normalized spacial score (nSPS) is 21.8. The number of likely N-dealkylation sites (tertiary alicyclic amines) is 1. The Bertz CT molecular complexity index is 596. The lowest BCUT2D eigenvalue weighted by atomic mass is 10.1. The molecule has 0 spiro atoms. The van der Waals surface area contributed by atoms with Gasteiger partial charge in [-0.2, -0.15) is 0 Å².